The van der Waals surface area contributed by atoms with Crippen LogP contribution in [0.4, 0.5) is 0 Å². The summed E-state index contributed by atoms with van der Waals surface area (Å²) in [5.41, 5.74) is 18.5. The molecule has 10 aromatic carbocycles. The average molecular weight is 883 g/mol. The molecule has 322 valence electrons. The summed E-state index contributed by atoms with van der Waals surface area (Å²) in [4.78, 5) is 9.72. The van der Waals surface area contributed by atoms with E-state index in [1.165, 1.54) is 44.2 Å². The molecule has 0 N–H and O–H groups in total. The van der Waals surface area contributed by atoms with Crippen LogP contribution >= 0.6 is 0 Å². The van der Waals surface area contributed by atoms with Gasteiger partial charge in [0.1, 0.15) is 11.0 Å². The second kappa shape index (κ2) is 14.4. The van der Waals surface area contributed by atoms with Crippen molar-refractivity contribution in [2.75, 3.05) is 0 Å². The first-order valence-electron chi connectivity index (χ1n) is 23.4. The molecular formula is C63H38N4O2. The Balaban J connectivity index is 0.948. The minimum absolute atomic E-state index is 0.616. The maximum absolute atomic E-state index is 6.27. The van der Waals surface area contributed by atoms with Crippen LogP contribution in [0.2, 0.25) is 0 Å². The zero-order valence-corrected chi connectivity index (χ0v) is 37.0. The topological polar surface area (TPSA) is 61.9 Å². The van der Waals surface area contributed by atoms with Crippen LogP contribution in [0.15, 0.2) is 239 Å². The molecule has 15 rings (SSSR count). The summed E-state index contributed by atoms with van der Waals surface area (Å²) in [5, 5.41) is 4.62. The molecule has 4 heterocycles. The number of benzene rings is 10. The van der Waals surface area contributed by atoms with E-state index in [0.29, 0.717) is 11.8 Å². The van der Waals surface area contributed by atoms with E-state index in [1.54, 1.807) is 0 Å². The van der Waals surface area contributed by atoms with Crippen molar-refractivity contribution in [1.82, 2.24) is 19.1 Å². The zero-order chi connectivity index (χ0) is 45.2. The molecular weight excluding hydrogens is 845 g/mol. The van der Waals surface area contributed by atoms with Crippen LogP contribution in [-0.2, 0) is 5.41 Å². The Morgan fingerprint density at radius 3 is 1.20 bits per heavy atom. The standard InChI is InChI=1S/C63H38N4O2/c1-3-15-41(16-4-1)63(42-17-5-2-6-18-42)51-37-43(66-55-23-11-7-19-47(55)49-35-39(27-33-57(49)66)61-64-53-21-9-13-25-59(53)68-61)29-31-45(51)46-32-30-44(38-52(46)63)67-56-24-12-8-20-48(56)50-36-40(28-34-58(50)67)62-65-54-22-10-14-26-60(54)69-62/h1-38H. The predicted molar refractivity (Wildman–Crippen MR) is 278 cm³/mol. The molecule has 14 aromatic rings. The lowest BCUT2D eigenvalue weighted by molar-refractivity contribution is 0.619. The SMILES string of the molecule is c1ccc(C2(c3ccccc3)c3cc(-n4c5ccccc5c5cc(-c6nc7ccccc7o6)ccc54)ccc3-c3ccc(-n4c5ccccc5c5cc(-c6nc7ccccc7o6)ccc54)cc32)cc1. The van der Waals surface area contributed by atoms with E-state index in [9.17, 15) is 0 Å². The first-order valence-corrected chi connectivity index (χ1v) is 23.4. The van der Waals surface area contributed by atoms with Crippen LogP contribution in [0.5, 0.6) is 0 Å². The normalized spacial score (nSPS) is 13.0. The van der Waals surface area contributed by atoms with Gasteiger partial charge in [0.15, 0.2) is 11.2 Å². The molecule has 0 aliphatic heterocycles. The minimum Gasteiger partial charge on any atom is -0.436 e. The van der Waals surface area contributed by atoms with Gasteiger partial charge in [0.2, 0.25) is 11.8 Å². The van der Waals surface area contributed by atoms with E-state index in [0.717, 1.165) is 77.5 Å². The predicted octanol–water partition coefficient (Wildman–Crippen LogP) is 15.9. The lowest BCUT2D eigenvalue weighted by Gasteiger charge is -2.34. The summed E-state index contributed by atoms with van der Waals surface area (Å²) in [6.45, 7) is 0. The van der Waals surface area contributed by atoms with E-state index in [-0.39, 0.29) is 0 Å². The summed E-state index contributed by atoms with van der Waals surface area (Å²) in [5.74, 6) is 1.23. The fourth-order valence-corrected chi connectivity index (χ4v) is 11.5. The summed E-state index contributed by atoms with van der Waals surface area (Å²) >= 11 is 0. The molecule has 0 fully saturated rings. The molecule has 6 heteroatoms. The van der Waals surface area contributed by atoms with Gasteiger partial charge in [-0.1, -0.05) is 133 Å². The quantitative estimate of drug-likeness (QED) is 0.167. The number of para-hydroxylation sites is 6. The van der Waals surface area contributed by atoms with Gasteiger partial charge in [-0.05, 0) is 130 Å². The number of aromatic nitrogens is 4. The van der Waals surface area contributed by atoms with E-state index in [1.807, 2.05) is 48.5 Å². The molecule has 0 saturated carbocycles. The van der Waals surface area contributed by atoms with Gasteiger partial charge in [-0.2, -0.15) is 0 Å². The Bertz CT molecular complexity index is 4030. The van der Waals surface area contributed by atoms with Gasteiger partial charge in [0.25, 0.3) is 0 Å². The van der Waals surface area contributed by atoms with Crippen molar-refractivity contribution in [3.05, 3.63) is 253 Å². The summed E-state index contributed by atoms with van der Waals surface area (Å²) in [7, 11) is 0. The van der Waals surface area contributed by atoms with Crippen molar-refractivity contribution in [2.45, 2.75) is 5.41 Å². The molecule has 0 bridgehead atoms. The van der Waals surface area contributed by atoms with Crippen molar-refractivity contribution in [3.63, 3.8) is 0 Å². The average Bonchev–Trinajstić information content (AvgIpc) is 4.24. The fraction of sp³-hybridized carbons (Fsp3) is 0.0159. The highest BCUT2D eigenvalue weighted by molar-refractivity contribution is 6.12. The van der Waals surface area contributed by atoms with Gasteiger partial charge in [-0.15, -0.1) is 0 Å². The Hall–Kier alpha value is -9.26. The molecule has 1 aliphatic carbocycles. The Morgan fingerprint density at radius 2 is 0.739 bits per heavy atom. The van der Waals surface area contributed by atoms with Gasteiger partial charge >= 0.3 is 0 Å². The molecule has 0 unspecified atom stereocenters. The van der Waals surface area contributed by atoms with Gasteiger partial charge in [-0.25, -0.2) is 9.97 Å². The fourth-order valence-electron chi connectivity index (χ4n) is 11.5. The third-order valence-electron chi connectivity index (χ3n) is 14.5. The van der Waals surface area contributed by atoms with Crippen LogP contribution in [0.1, 0.15) is 22.3 Å². The molecule has 0 radical (unpaired) electrons. The molecule has 69 heavy (non-hydrogen) atoms. The molecule has 0 saturated heterocycles. The number of fused-ring (bicyclic) bond motifs is 11. The van der Waals surface area contributed by atoms with Crippen molar-refractivity contribution in [2.24, 2.45) is 0 Å². The van der Waals surface area contributed by atoms with E-state index < -0.39 is 5.41 Å². The summed E-state index contributed by atoms with van der Waals surface area (Å²) in [6.07, 6.45) is 0. The molecule has 4 aromatic heterocycles. The third-order valence-corrected chi connectivity index (χ3v) is 14.5. The molecule has 0 atom stereocenters. The van der Waals surface area contributed by atoms with Crippen molar-refractivity contribution < 1.29 is 8.83 Å². The van der Waals surface area contributed by atoms with Gasteiger partial charge in [0, 0.05) is 44.0 Å². The number of hydrogen-bond acceptors (Lipinski definition) is 4. The van der Waals surface area contributed by atoms with Crippen LogP contribution in [0.25, 0.3) is 111 Å². The van der Waals surface area contributed by atoms with E-state index >= 15 is 0 Å². The summed E-state index contributed by atoms with van der Waals surface area (Å²) < 4.78 is 17.4. The van der Waals surface area contributed by atoms with Gasteiger partial charge in [-0.3, -0.25) is 0 Å². The molecule has 0 spiro atoms. The lowest BCUT2D eigenvalue weighted by atomic mass is 9.67. The number of oxazole rings is 2. The highest BCUT2D eigenvalue weighted by atomic mass is 16.4. The molecule has 1 aliphatic rings. The number of nitrogens with zero attached hydrogens (tertiary/aromatic N) is 4. The Kier molecular flexibility index (Phi) is 7.89. The molecule has 6 nitrogen and oxygen atoms in total. The lowest BCUT2D eigenvalue weighted by Crippen LogP contribution is -2.28. The maximum Gasteiger partial charge on any atom is 0.227 e. The monoisotopic (exact) mass is 882 g/mol. The zero-order valence-electron chi connectivity index (χ0n) is 37.0. The van der Waals surface area contributed by atoms with Crippen LogP contribution < -0.4 is 0 Å². The van der Waals surface area contributed by atoms with Gasteiger partial charge < -0.3 is 18.0 Å². The maximum atomic E-state index is 6.27. The van der Waals surface area contributed by atoms with Crippen LogP contribution in [0.3, 0.4) is 0 Å². The largest absolute Gasteiger partial charge is 0.436 e. The van der Waals surface area contributed by atoms with Crippen LogP contribution in [-0.4, -0.2) is 19.1 Å². The number of rotatable bonds is 6. The van der Waals surface area contributed by atoms with Crippen molar-refractivity contribution in [1.29, 1.82) is 0 Å². The first-order chi connectivity index (χ1) is 34.2. The van der Waals surface area contributed by atoms with E-state index in [4.69, 9.17) is 18.8 Å². The number of hydrogen-bond donors (Lipinski definition) is 0. The van der Waals surface area contributed by atoms with Crippen molar-refractivity contribution >= 4 is 65.8 Å². The highest BCUT2D eigenvalue weighted by Gasteiger charge is 2.46. The summed E-state index contributed by atoms with van der Waals surface area (Å²) in [6, 6.07) is 82.8. The highest BCUT2D eigenvalue weighted by Crippen LogP contribution is 2.57. The Morgan fingerprint density at radius 1 is 0.333 bits per heavy atom. The first kappa shape index (κ1) is 37.9. The third kappa shape index (κ3) is 5.42. The van der Waals surface area contributed by atoms with Gasteiger partial charge in [0.05, 0.1) is 27.5 Å². The van der Waals surface area contributed by atoms with Crippen molar-refractivity contribution in [3.8, 4) is 45.4 Å². The second-order valence-corrected chi connectivity index (χ2v) is 18.1. The molecule has 0 amide bonds. The minimum atomic E-state index is -0.656. The Labute approximate surface area is 395 Å². The van der Waals surface area contributed by atoms with E-state index in [2.05, 4.69) is 191 Å². The smallest absolute Gasteiger partial charge is 0.227 e. The second-order valence-electron chi connectivity index (χ2n) is 18.1. The van der Waals surface area contributed by atoms with Crippen LogP contribution in [0, 0.1) is 0 Å².